The molecule has 0 amide bonds. The molecule has 1 unspecified atom stereocenters. The SMILES string of the molecule is CCC(NC1CCC(N)CC1)c1ccc(Cl)c(Cl)c1. The second-order valence-electron chi connectivity index (χ2n) is 5.41. The summed E-state index contributed by atoms with van der Waals surface area (Å²) in [6.07, 6.45) is 5.61. The predicted octanol–water partition coefficient (Wildman–Crippen LogP) is 4.30. The normalized spacial score (nSPS) is 25.3. The van der Waals surface area contributed by atoms with Crippen LogP contribution >= 0.6 is 23.2 Å². The molecule has 2 nitrogen and oxygen atoms in total. The predicted molar refractivity (Wildman–Crippen MR) is 82.9 cm³/mol. The van der Waals surface area contributed by atoms with Crippen molar-refractivity contribution >= 4 is 23.2 Å². The molecule has 1 aliphatic carbocycles. The molecule has 106 valence electrons. The third kappa shape index (κ3) is 4.09. The highest BCUT2D eigenvalue weighted by Gasteiger charge is 2.21. The van der Waals surface area contributed by atoms with Crippen LogP contribution in [0.4, 0.5) is 0 Å². The molecule has 19 heavy (non-hydrogen) atoms. The Bertz CT molecular complexity index is 415. The van der Waals surface area contributed by atoms with E-state index in [1.807, 2.05) is 12.1 Å². The highest BCUT2D eigenvalue weighted by molar-refractivity contribution is 6.42. The van der Waals surface area contributed by atoms with Gasteiger partial charge in [0.15, 0.2) is 0 Å². The van der Waals surface area contributed by atoms with Gasteiger partial charge in [0.05, 0.1) is 10.0 Å². The van der Waals surface area contributed by atoms with Crippen LogP contribution < -0.4 is 11.1 Å². The molecule has 1 atom stereocenters. The summed E-state index contributed by atoms with van der Waals surface area (Å²) < 4.78 is 0. The Morgan fingerprint density at radius 1 is 1.21 bits per heavy atom. The van der Waals surface area contributed by atoms with Crippen LogP contribution in [0.25, 0.3) is 0 Å². The zero-order valence-electron chi connectivity index (χ0n) is 11.3. The topological polar surface area (TPSA) is 38.0 Å². The summed E-state index contributed by atoms with van der Waals surface area (Å²) in [7, 11) is 0. The minimum absolute atomic E-state index is 0.342. The van der Waals surface area contributed by atoms with Gasteiger partial charge in [-0.15, -0.1) is 0 Å². The zero-order chi connectivity index (χ0) is 13.8. The lowest BCUT2D eigenvalue weighted by Gasteiger charge is -2.31. The Labute approximate surface area is 125 Å². The molecular weight excluding hydrogens is 279 g/mol. The van der Waals surface area contributed by atoms with Gasteiger partial charge in [-0.25, -0.2) is 0 Å². The summed E-state index contributed by atoms with van der Waals surface area (Å²) in [5, 5.41) is 4.98. The molecule has 1 saturated carbocycles. The third-order valence-corrected chi connectivity index (χ3v) is 4.70. The van der Waals surface area contributed by atoms with Gasteiger partial charge in [-0.2, -0.15) is 0 Å². The van der Waals surface area contributed by atoms with Crippen molar-refractivity contribution in [2.75, 3.05) is 0 Å². The molecular formula is C15H22Cl2N2. The fraction of sp³-hybridized carbons (Fsp3) is 0.600. The van der Waals surface area contributed by atoms with Crippen LogP contribution in [-0.2, 0) is 0 Å². The van der Waals surface area contributed by atoms with E-state index in [-0.39, 0.29) is 0 Å². The summed E-state index contributed by atoms with van der Waals surface area (Å²) in [6.45, 7) is 2.19. The average molecular weight is 301 g/mol. The van der Waals surface area contributed by atoms with E-state index in [0.717, 1.165) is 19.3 Å². The Hall–Kier alpha value is -0.280. The van der Waals surface area contributed by atoms with Crippen LogP contribution in [-0.4, -0.2) is 12.1 Å². The van der Waals surface area contributed by atoms with E-state index >= 15 is 0 Å². The van der Waals surface area contributed by atoms with Crippen molar-refractivity contribution < 1.29 is 0 Å². The molecule has 0 radical (unpaired) electrons. The molecule has 0 heterocycles. The first-order valence-corrected chi connectivity index (χ1v) is 7.82. The first-order valence-electron chi connectivity index (χ1n) is 7.06. The van der Waals surface area contributed by atoms with Crippen molar-refractivity contribution in [1.82, 2.24) is 5.32 Å². The smallest absolute Gasteiger partial charge is 0.0595 e. The first-order chi connectivity index (χ1) is 9.10. The number of nitrogens with two attached hydrogens (primary N) is 1. The van der Waals surface area contributed by atoms with Gasteiger partial charge < -0.3 is 11.1 Å². The number of hydrogen-bond acceptors (Lipinski definition) is 2. The van der Waals surface area contributed by atoms with Crippen LogP contribution in [0.2, 0.25) is 10.0 Å². The molecule has 0 aromatic heterocycles. The van der Waals surface area contributed by atoms with Crippen molar-refractivity contribution in [3.8, 4) is 0 Å². The second kappa shape index (κ2) is 6.94. The fourth-order valence-corrected chi connectivity index (χ4v) is 3.06. The minimum Gasteiger partial charge on any atom is -0.328 e. The minimum atomic E-state index is 0.342. The van der Waals surface area contributed by atoms with E-state index in [0.29, 0.717) is 28.2 Å². The number of benzene rings is 1. The van der Waals surface area contributed by atoms with Gasteiger partial charge in [-0.05, 0) is 49.8 Å². The number of nitrogens with one attached hydrogen (secondary N) is 1. The Morgan fingerprint density at radius 3 is 2.47 bits per heavy atom. The van der Waals surface area contributed by atoms with E-state index in [1.54, 1.807) is 0 Å². The van der Waals surface area contributed by atoms with Gasteiger partial charge in [-0.3, -0.25) is 0 Å². The molecule has 3 N–H and O–H groups in total. The lowest BCUT2D eigenvalue weighted by atomic mass is 9.90. The molecule has 1 fully saturated rings. The van der Waals surface area contributed by atoms with E-state index in [2.05, 4.69) is 18.3 Å². The maximum absolute atomic E-state index is 6.10. The number of hydrogen-bond donors (Lipinski definition) is 2. The highest BCUT2D eigenvalue weighted by Crippen LogP contribution is 2.28. The van der Waals surface area contributed by atoms with Crippen molar-refractivity contribution in [1.29, 1.82) is 0 Å². The van der Waals surface area contributed by atoms with Gasteiger partial charge in [-0.1, -0.05) is 36.2 Å². The molecule has 0 saturated heterocycles. The summed E-state index contributed by atoms with van der Waals surface area (Å²) >= 11 is 12.1. The van der Waals surface area contributed by atoms with Crippen molar-refractivity contribution in [3.05, 3.63) is 33.8 Å². The highest BCUT2D eigenvalue weighted by atomic mass is 35.5. The van der Waals surface area contributed by atoms with E-state index in [1.165, 1.54) is 18.4 Å². The van der Waals surface area contributed by atoms with Crippen LogP contribution in [0.1, 0.15) is 50.6 Å². The van der Waals surface area contributed by atoms with Gasteiger partial charge >= 0.3 is 0 Å². The zero-order valence-corrected chi connectivity index (χ0v) is 12.8. The Kier molecular flexibility index (Phi) is 5.52. The molecule has 0 spiro atoms. The van der Waals surface area contributed by atoms with Crippen molar-refractivity contribution in [2.24, 2.45) is 5.73 Å². The first kappa shape index (κ1) is 15.1. The second-order valence-corrected chi connectivity index (χ2v) is 6.23. The number of rotatable bonds is 4. The largest absolute Gasteiger partial charge is 0.328 e. The van der Waals surface area contributed by atoms with Crippen LogP contribution in [0.5, 0.6) is 0 Å². The van der Waals surface area contributed by atoms with E-state index in [4.69, 9.17) is 28.9 Å². The van der Waals surface area contributed by atoms with Gasteiger partial charge in [0.25, 0.3) is 0 Å². The molecule has 1 aromatic rings. The fourth-order valence-electron chi connectivity index (χ4n) is 2.75. The lowest BCUT2D eigenvalue weighted by molar-refractivity contribution is 0.312. The number of halogens is 2. The van der Waals surface area contributed by atoms with Gasteiger partial charge in [0, 0.05) is 18.1 Å². The maximum atomic E-state index is 6.10. The molecule has 0 aliphatic heterocycles. The van der Waals surface area contributed by atoms with Gasteiger partial charge in [0.2, 0.25) is 0 Å². The molecule has 1 aromatic carbocycles. The molecule has 1 aliphatic rings. The van der Waals surface area contributed by atoms with Crippen LogP contribution in [0.15, 0.2) is 18.2 Å². The van der Waals surface area contributed by atoms with E-state index in [9.17, 15) is 0 Å². The molecule has 0 bridgehead atoms. The van der Waals surface area contributed by atoms with E-state index < -0.39 is 0 Å². The average Bonchev–Trinajstić information content (AvgIpc) is 2.41. The summed E-state index contributed by atoms with van der Waals surface area (Å²) in [5.74, 6) is 0. The Balaban J connectivity index is 2.01. The quantitative estimate of drug-likeness (QED) is 0.870. The van der Waals surface area contributed by atoms with Crippen LogP contribution in [0, 0.1) is 0 Å². The lowest BCUT2D eigenvalue weighted by Crippen LogP contribution is -2.39. The van der Waals surface area contributed by atoms with Crippen LogP contribution in [0.3, 0.4) is 0 Å². The summed E-state index contributed by atoms with van der Waals surface area (Å²) in [4.78, 5) is 0. The monoisotopic (exact) mass is 300 g/mol. The Morgan fingerprint density at radius 2 is 1.89 bits per heavy atom. The van der Waals surface area contributed by atoms with Crippen molar-refractivity contribution in [3.63, 3.8) is 0 Å². The molecule has 2 rings (SSSR count). The standard InChI is InChI=1S/C15H22Cl2N2/c1-2-15(10-3-8-13(16)14(17)9-10)19-12-6-4-11(18)5-7-12/h3,8-9,11-12,15,19H,2,4-7,18H2,1H3. The molecule has 4 heteroatoms. The summed E-state index contributed by atoms with van der Waals surface area (Å²) in [5.41, 5.74) is 7.16. The van der Waals surface area contributed by atoms with Gasteiger partial charge in [0.1, 0.15) is 0 Å². The third-order valence-electron chi connectivity index (χ3n) is 3.96. The maximum Gasteiger partial charge on any atom is 0.0595 e. The summed E-state index contributed by atoms with van der Waals surface area (Å²) in [6, 6.07) is 7.21. The van der Waals surface area contributed by atoms with Crippen molar-refractivity contribution in [2.45, 2.75) is 57.2 Å².